The lowest BCUT2D eigenvalue weighted by atomic mass is 10.2. The first kappa shape index (κ1) is 16.5. The van der Waals surface area contributed by atoms with Gasteiger partial charge in [-0.25, -0.2) is 0 Å². The minimum atomic E-state index is 0.481. The van der Waals surface area contributed by atoms with Gasteiger partial charge in [-0.1, -0.05) is 12.1 Å². The Morgan fingerprint density at radius 1 is 1.33 bits per heavy atom. The van der Waals surface area contributed by atoms with E-state index < -0.39 is 0 Å². The fraction of sp³-hybridized carbons (Fsp3) is 0.400. The Kier molecular flexibility index (Phi) is 5.84. The minimum Gasteiger partial charge on any atom is -0.486 e. The summed E-state index contributed by atoms with van der Waals surface area (Å²) in [5.74, 6) is 0.875. The molecule has 21 heavy (non-hydrogen) atoms. The van der Waals surface area contributed by atoms with Crippen LogP contribution in [0.15, 0.2) is 27.1 Å². The Morgan fingerprint density at radius 2 is 2.10 bits per heavy atom. The van der Waals surface area contributed by atoms with Crippen LogP contribution in [0.5, 0.6) is 5.75 Å². The monoisotopic (exact) mass is 415 g/mol. The van der Waals surface area contributed by atoms with Crippen molar-refractivity contribution in [2.24, 2.45) is 0 Å². The van der Waals surface area contributed by atoms with Gasteiger partial charge < -0.3 is 10.1 Å². The SMILES string of the molecule is CCn1nc(C)c(Br)c1COc1c(Br)cccc1CNC. The van der Waals surface area contributed by atoms with E-state index in [0.717, 1.165) is 44.7 Å². The molecule has 0 aliphatic rings. The molecule has 0 atom stereocenters. The highest BCUT2D eigenvalue weighted by Crippen LogP contribution is 2.31. The van der Waals surface area contributed by atoms with E-state index in [1.807, 2.05) is 30.8 Å². The van der Waals surface area contributed by atoms with E-state index in [-0.39, 0.29) is 0 Å². The molecule has 1 aromatic heterocycles. The average Bonchev–Trinajstić information content (AvgIpc) is 2.74. The first-order valence-corrected chi connectivity index (χ1v) is 8.43. The number of benzene rings is 1. The van der Waals surface area contributed by atoms with Crippen LogP contribution < -0.4 is 10.1 Å². The second-order valence-electron chi connectivity index (χ2n) is 4.71. The summed E-state index contributed by atoms with van der Waals surface area (Å²) in [6.07, 6.45) is 0. The van der Waals surface area contributed by atoms with Crippen molar-refractivity contribution in [3.05, 3.63) is 44.1 Å². The van der Waals surface area contributed by atoms with Gasteiger partial charge in [0.15, 0.2) is 0 Å². The lowest BCUT2D eigenvalue weighted by molar-refractivity contribution is 0.286. The van der Waals surface area contributed by atoms with Crippen LogP contribution in [0.3, 0.4) is 0 Å². The lowest BCUT2D eigenvalue weighted by Gasteiger charge is -2.14. The van der Waals surface area contributed by atoms with E-state index >= 15 is 0 Å². The van der Waals surface area contributed by atoms with Gasteiger partial charge in [0.25, 0.3) is 0 Å². The Morgan fingerprint density at radius 3 is 2.76 bits per heavy atom. The van der Waals surface area contributed by atoms with Crippen LogP contribution in [0.2, 0.25) is 0 Å². The third-order valence-corrected chi connectivity index (χ3v) is 4.88. The second-order valence-corrected chi connectivity index (χ2v) is 6.36. The van der Waals surface area contributed by atoms with Crippen molar-refractivity contribution < 1.29 is 4.74 Å². The third kappa shape index (κ3) is 3.67. The van der Waals surface area contributed by atoms with Crippen LogP contribution >= 0.6 is 31.9 Å². The van der Waals surface area contributed by atoms with Crippen molar-refractivity contribution in [2.75, 3.05) is 7.05 Å². The predicted octanol–water partition coefficient (Wildman–Crippen LogP) is 4.03. The molecule has 0 spiro atoms. The minimum absolute atomic E-state index is 0.481. The number of ether oxygens (including phenoxy) is 1. The van der Waals surface area contributed by atoms with Gasteiger partial charge in [-0.15, -0.1) is 0 Å². The molecule has 0 aliphatic carbocycles. The second kappa shape index (κ2) is 7.42. The number of aryl methyl sites for hydroxylation is 2. The third-order valence-electron chi connectivity index (χ3n) is 3.22. The van der Waals surface area contributed by atoms with Gasteiger partial charge in [0.05, 0.1) is 20.3 Å². The molecule has 114 valence electrons. The fourth-order valence-electron chi connectivity index (χ4n) is 2.19. The average molecular weight is 417 g/mol. The van der Waals surface area contributed by atoms with Gasteiger partial charge in [0, 0.05) is 18.7 Å². The number of para-hydroxylation sites is 1. The highest BCUT2D eigenvalue weighted by molar-refractivity contribution is 9.10. The molecule has 0 aliphatic heterocycles. The van der Waals surface area contributed by atoms with E-state index in [9.17, 15) is 0 Å². The van der Waals surface area contributed by atoms with Crippen LogP contribution in [0, 0.1) is 6.92 Å². The van der Waals surface area contributed by atoms with Crippen LogP contribution in [0.4, 0.5) is 0 Å². The topological polar surface area (TPSA) is 39.1 Å². The zero-order chi connectivity index (χ0) is 15.4. The normalized spacial score (nSPS) is 10.9. The zero-order valence-corrected chi connectivity index (χ0v) is 15.6. The summed E-state index contributed by atoms with van der Waals surface area (Å²) in [7, 11) is 1.93. The van der Waals surface area contributed by atoms with E-state index in [4.69, 9.17) is 4.74 Å². The standard InChI is InChI=1S/C15H19Br2N3O/c1-4-20-13(14(17)10(2)19-20)9-21-15-11(8-18-3)6-5-7-12(15)16/h5-7,18H,4,8-9H2,1-3H3. The number of aromatic nitrogens is 2. The molecule has 4 nitrogen and oxygen atoms in total. The molecule has 0 radical (unpaired) electrons. The molecule has 0 saturated carbocycles. The van der Waals surface area contributed by atoms with Crippen LogP contribution in [-0.2, 0) is 19.7 Å². The van der Waals surface area contributed by atoms with E-state index in [0.29, 0.717) is 6.61 Å². The first-order valence-electron chi connectivity index (χ1n) is 6.85. The number of rotatable bonds is 6. The summed E-state index contributed by atoms with van der Waals surface area (Å²) in [5.41, 5.74) is 3.17. The van der Waals surface area contributed by atoms with Crippen molar-refractivity contribution in [3.63, 3.8) is 0 Å². The zero-order valence-electron chi connectivity index (χ0n) is 12.4. The molecule has 1 heterocycles. The Hall–Kier alpha value is -0.850. The van der Waals surface area contributed by atoms with E-state index in [2.05, 4.69) is 55.3 Å². The summed E-state index contributed by atoms with van der Waals surface area (Å²) in [6.45, 7) is 6.14. The van der Waals surface area contributed by atoms with E-state index in [1.54, 1.807) is 0 Å². The molecule has 0 unspecified atom stereocenters. The van der Waals surface area contributed by atoms with Crippen LogP contribution in [-0.4, -0.2) is 16.8 Å². The summed E-state index contributed by atoms with van der Waals surface area (Å²) in [6, 6.07) is 6.07. The molecule has 1 aromatic carbocycles. The number of nitrogens with one attached hydrogen (secondary N) is 1. The molecule has 0 amide bonds. The Balaban J connectivity index is 2.24. The maximum Gasteiger partial charge on any atom is 0.138 e. The first-order chi connectivity index (χ1) is 10.1. The Labute approximate surface area is 142 Å². The molecule has 0 fully saturated rings. The van der Waals surface area contributed by atoms with Gasteiger partial charge in [-0.05, 0) is 58.8 Å². The van der Waals surface area contributed by atoms with Crippen molar-refractivity contribution in [1.82, 2.24) is 15.1 Å². The summed E-state index contributed by atoms with van der Waals surface area (Å²) >= 11 is 7.16. The van der Waals surface area contributed by atoms with E-state index in [1.165, 1.54) is 0 Å². The largest absolute Gasteiger partial charge is 0.486 e. The van der Waals surface area contributed by atoms with Gasteiger partial charge >= 0.3 is 0 Å². The maximum atomic E-state index is 6.07. The van der Waals surface area contributed by atoms with Gasteiger partial charge in [0.2, 0.25) is 0 Å². The lowest BCUT2D eigenvalue weighted by Crippen LogP contribution is -2.10. The highest BCUT2D eigenvalue weighted by atomic mass is 79.9. The quantitative estimate of drug-likeness (QED) is 0.772. The molecule has 6 heteroatoms. The Bertz CT molecular complexity index is 626. The number of nitrogens with zero attached hydrogens (tertiary/aromatic N) is 2. The van der Waals surface area contributed by atoms with Crippen molar-refractivity contribution >= 4 is 31.9 Å². The number of hydrogen-bond acceptors (Lipinski definition) is 3. The van der Waals surface area contributed by atoms with Gasteiger partial charge in [0.1, 0.15) is 12.4 Å². The van der Waals surface area contributed by atoms with Gasteiger partial charge in [-0.3, -0.25) is 4.68 Å². The molecule has 0 bridgehead atoms. The summed E-state index contributed by atoms with van der Waals surface area (Å²) in [5, 5.41) is 7.65. The highest BCUT2D eigenvalue weighted by Gasteiger charge is 2.14. The van der Waals surface area contributed by atoms with Crippen molar-refractivity contribution in [1.29, 1.82) is 0 Å². The maximum absolute atomic E-state index is 6.07. The molecular weight excluding hydrogens is 398 g/mol. The molecular formula is C15H19Br2N3O. The fourth-order valence-corrected chi connectivity index (χ4v) is 3.11. The summed E-state index contributed by atoms with van der Waals surface area (Å²) in [4.78, 5) is 0. The number of halogens is 2. The van der Waals surface area contributed by atoms with Crippen LogP contribution in [0.1, 0.15) is 23.9 Å². The molecule has 1 N–H and O–H groups in total. The van der Waals surface area contributed by atoms with Crippen molar-refractivity contribution in [2.45, 2.75) is 33.5 Å². The van der Waals surface area contributed by atoms with Crippen LogP contribution in [0.25, 0.3) is 0 Å². The van der Waals surface area contributed by atoms with Gasteiger partial charge in [-0.2, -0.15) is 5.10 Å². The summed E-state index contributed by atoms with van der Waals surface area (Å²) < 4.78 is 10.0. The number of hydrogen-bond donors (Lipinski definition) is 1. The molecule has 2 aromatic rings. The van der Waals surface area contributed by atoms with Crippen molar-refractivity contribution in [3.8, 4) is 5.75 Å². The molecule has 2 rings (SSSR count). The molecule has 0 saturated heterocycles. The smallest absolute Gasteiger partial charge is 0.138 e. The predicted molar refractivity (Wildman–Crippen MR) is 91.6 cm³/mol.